The summed E-state index contributed by atoms with van der Waals surface area (Å²) in [6.45, 7) is 9.43. The highest BCUT2D eigenvalue weighted by molar-refractivity contribution is 7.35. The predicted molar refractivity (Wildman–Crippen MR) is 163 cm³/mol. The normalized spacial score (nSPS) is 11.5. The van der Waals surface area contributed by atoms with Gasteiger partial charge in [-0.1, -0.05) is 105 Å². The van der Waals surface area contributed by atoms with Crippen LogP contribution in [-0.4, -0.2) is 6.61 Å². The summed E-state index contributed by atoms with van der Waals surface area (Å²) in [4.78, 5) is 0. The Balaban J connectivity index is 1.79. The quantitative estimate of drug-likeness (QED) is 0.110. The summed E-state index contributed by atoms with van der Waals surface area (Å²) in [6.07, 6.45) is 4.55. The second-order valence-corrected chi connectivity index (χ2v) is 10.9. The number of fused-ring (bicyclic) bond motifs is 2. The molecule has 0 amide bonds. The topological polar surface area (TPSA) is 26.3 Å². The maximum absolute atomic E-state index is 12.7. The first-order valence-corrected chi connectivity index (χ1v) is 14.5. The van der Waals surface area contributed by atoms with E-state index >= 15 is 0 Å². The molecule has 0 atom stereocenters. The van der Waals surface area contributed by atoms with Crippen molar-refractivity contribution in [2.75, 3.05) is 6.61 Å². The van der Waals surface area contributed by atoms with Gasteiger partial charge in [-0.3, -0.25) is 4.57 Å². The van der Waals surface area contributed by atoms with Crippen LogP contribution in [0, 0.1) is 20.8 Å². The monoisotopic (exact) mass is 518 g/mol. The van der Waals surface area contributed by atoms with E-state index in [0.29, 0.717) is 17.7 Å². The molecule has 0 bridgehead atoms. The van der Waals surface area contributed by atoms with Crippen LogP contribution >= 0.6 is 8.46 Å². The Bertz CT molecular complexity index is 1550. The van der Waals surface area contributed by atoms with Gasteiger partial charge in [0.05, 0.1) is 11.9 Å². The number of hydrogen-bond donors (Lipinski definition) is 0. The van der Waals surface area contributed by atoms with E-state index in [-0.39, 0.29) is 8.46 Å². The first kappa shape index (κ1) is 26.1. The van der Waals surface area contributed by atoms with Crippen LogP contribution in [0.15, 0.2) is 78.9 Å². The zero-order chi connectivity index (χ0) is 26.6. The molecule has 5 aromatic carbocycles. The van der Waals surface area contributed by atoms with Crippen molar-refractivity contribution in [3.8, 4) is 28.0 Å². The summed E-state index contributed by atoms with van der Waals surface area (Å²) in [6, 6.07) is 27.9. The molecule has 0 heterocycles. The standard InChI is InChI=1S/C35H35O2P/c1-5-6-7-12-20-37-31-19-13-18-30(35(31)38-36)33-26-14-8-10-16-28(26)34(29-17-11-9-15-27(29)33)32-24(3)21-23(2)22-25(32)4/h8-11,13-19,21-22H,5-7,12,20H2,1-4H3. The Labute approximate surface area is 227 Å². The number of ether oxygens (including phenoxy) is 1. The van der Waals surface area contributed by atoms with Gasteiger partial charge in [-0.25, -0.2) is 0 Å². The van der Waals surface area contributed by atoms with Crippen molar-refractivity contribution in [2.24, 2.45) is 0 Å². The van der Waals surface area contributed by atoms with Gasteiger partial charge in [0.2, 0.25) is 0 Å². The first-order valence-electron chi connectivity index (χ1n) is 13.7. The van der Waals surface area contributed by atoms with Crippen LogP contribution in [0.2, 0.25) is 0 Å². The van der Waals surface area contributed by atoms with E-state index in [9.17, 15) is 4.57 Å². The fraction of sp³-hybridized carbons (Fsp3) is 0.257. The van der Waals surface area contributed by atoms with E-state index in [1.807, 2.05) is 12.1 Å². The third-order valence-corrected chi connectivity index (χ3v) is 8.12. The number of unbranched alkanes of at least 4 members (excludes halogenated alkanes) is 3. The molecular weight excluding hydrogens is 483 g/mol. The Kier molecular flexibility index (Phi) is 7.91. The van der Waals surface area contributed by atoms with Crippen LogP contribution in [0.5, 0.6) is 5.75 Å². The highest BCUT2D eigenvalue weighted by Crippen LogP contribution is 2.45. The molecule has 5 rings (SSSR count). The molecule has 5 aromatic rings. The van der Waals surface area contributed by atoms with Gasteiger partial charge < -0.3 is 4.74 Å². The lowest BCUT2D eigenvalue weighted by molar-refractivity contribution is 0.307. The maximum atomic E-state index is 12.7. The second kappa shape index (κ2) is 11.5. The summed E-state index contributed by atoms with van der Waals surface area (Å²) in [7, 11) is -0.0341. The highest BCUT2D eigenvalue weighted by atomic mass is 31.1. The Morgan fingerprint density at radius 1 is 0.658 bits per heavy atom. The largest absolute Gasteiger partial charge is 0.492 e. The number of benzene rings is 5. The average molecular weight is 519 g/mol. The van der Waals surface area contributed by atoms with Crippen molar-refractivity contribution in [2.45, 2.75) is 53.4 Å². The molecule has 0 N–H and O–H groups in total. The van der Waals surface area contributed by atoms with Crippen LogP contribution < -0.4 is 10.0 Å². The van der Waals surface area contributed by atoms with Gasteiger partial charge in [0.1, 0.15) is 5.75 Å². The van der Waals surface area contributed by atoms with Crippen LogP contribution in [0.3, 0.4) is 0 Å². The molecule has 0 aliphatic rings. The van der Waals surface area contributed by atoms with Crippen LogP contribution in [-0.2, 0) is 4.57 Å². The SMILES string of the molecule is CCCCCCOc1cccc(-c2c3ccccc3c(-c3c(C)cc(C)cc3C)c3ccccc23)c1P=O. The first-order chi connectivity index (χ1) is 18.5. The average Bonchev–Trinajstić information content (AvgIpc) is 2.92. The van der Waals surface area contributed by atoms with Crippen LogP contribution in [0.1, 0.15) is 49.3 Å². The van der Waals surface area contributed by atoms with Crippen molar-refractivity contribution in [3.63, 3.8) is 0 Å². The molecule has 38 heavy (non-hydrogen) atoms. The van der Waals surface area contributed by atoms with Crippen molar-refractivity contribution in [1.29, 1.82) is 0 Å². The van der Waals surface area contributed by atoms with Crippen LogP contribution in [0.25, 0.3) is 43.8 Å². The summed E-state index contributed by atoms with van der Waals surface area (Å²) in [5.74, 6) is 0.707. The molecule has 0 saturated heterocycles. The lowest BCUT2D eigenvalue weighted by Crippen LogP contribution is -2.08. The molecule has 0 aliphatic heterocycles. The van der Waals surface area contributed by atoms with Gasteiger partial charge in [0, 0.05) is 5.56 Å². The molecule has 192 valence electrons. The van der Waals surface area contributed by atoms with E-state index in [1.54, 1.807) is 0 Å². The van der Waals surface area contributed by atoms with Gasteiger partial charge in [-0.2, -0.15) is 0 Å². The van der Waals surface area contributed by atoms with Gasteiger partial charge in [0.15, 0.2) is 8.46 Å². The molecule has 0 aromatic heterocycles. The van der Waals surface area contributed by atoms with Crippen molar-refractivity contribution >= 4 is 35.3 Å². The van der Waals surface area contributed by atoms with Gasteiger partial charge in [0.25, 0.3) is 0 Å². The van der Waals surface area contributed by atoms with E-state index < -0.39 is 0 Å². The Hall–Kier alpha value is -3.48. The van der Waals surface area contributed by atoms with Crippen molar-refractivity contribution in [1.82, 2.24) is 0 Å². The molecule has 2 nitrogen and oxygen atoms in total. The zero-order valence-corrected chi connectivity index (χ0v) is 23.7. The molecule has 0 spiro atoms. The van der Waals surface area contributed by atoms with E-state index in [2.05, 4.69) is 94.4 Å². The van der Waals surface area contributed by atoms with Crippen molar-refractivity contribution < 1.29 is 9.30 Å². The predicted octanol–water partition coefficient (Wildman–Crippen LogP) is 10.1. The third-order valence-electron chi connectivity index (χ3n) is 7.47. The molecule has 3 heteroatoms. The van der Waals surface area contributed by atoms with E-state index in [0.717, 1.165) is 34.7 Å². The lowest BCUT2D eigenvalue weighted by atomic mass is 9.83. The van der Waals surface area contributed by atoms with Gasteiger partial charge in [-0.05, 0) is 82.6 Å². The fourth-order valence-electron chi connectivity index (χ4n) is 5.91. The minimum atomic E-state index is -0.0341. The number of hydrogen-bond acceptors (Lipinski definition) is 2. The zero-order valence-electron chi connectivity index (χ0n) is 22.8. The molecule has 0 aliphatic carbocycles. The number of aryl methyl sites for hydroxylation is 3. The van der Waals surface area contributed by atoms with E-state index in [1.165, 1.54) is 51.4 Å². The number of rotatable bonds is 9. The third kappa shape index (κ3) is 4.86. The fourth-order valence-corrected chi connectivity index (χ4v) is 6.42. The molecule has 0 unspecified atom stereocenters. The maximum Gasteiger partial charge on any atom is 0.196 e. The molecule has 0 radical (unpaired) electrons. The molecular formula is C35H35O2P. The van der Waals surface area contributed by atoms with Gasteiger partial charge in [-0.15, -0.1) is 0 Å². The molecule has 0 fully saturated rings. The van der Waals surface area contributed by atoms with E-state index in [4.69, 9.17) is 4.74 Å². The second-order valence-electron chi connectivity index (χ2n) is 10.3. The smallest absolute Gasteiger partial charge is 0.196 e. The Morgan fingerprint density at radius 2 is 1.24 bits per heavy atom. The van der Waals surface area contributed by atoms with Gasteiger partial charge >= 0.3 is 0 Å². The summed E-state index contributed by atoms with van der Waals surface area (Å²) < 4.78 is 18.8. The summed E-state index contributed by atoms with van der Waals surface area (Å²) in [5.41, 5.74) is 8.46. The highest BCUT2D eigenvalue weighted by Gasteiger charge is 2.21. The van der Waals surface area contributed by atoms with Crippen LogP contribution in [0.4, 0.5) is 0 Å². The molecule has 0 saturated carbocycles. The Morgan fingerprint density at radius 3 is 1.79 bits per heavy atom. The summed E-state index contributed by atoms with van der Waals surface area (Å²) >= 11 is 0. The minimum absolute atomic E-state index is 0.0341. The summed E-state index contributed by atoms with van der Waals surface area (Å²) in [5, 5.41) is 5.44. The van der Waals surface area contributed by atoms with Crippen molar-refractivity contribution in [3.05, 3.63) is 95.6 Å². The lowest BCUT2D eigenvalue weighted by Gasteiger charge is -2.21. The minimum Gasteiger partial charge on any atom is -0.492 e.